The van der Waals surface area contributed by atoms with E-state index in [1.165, 1.54) is 0 Å². The van der Waals surface area contributed by atoms with E-state index in [9.17, 15) is 4.79 Å². The highest BCUT2D eigenvalue weighted by Crippen LogP contribution is 2.27. The van der Waals surface area contributed by atoms with Gasteiger partial charge in [-0.05, 0) is 44.0 Å². The van der Waals surface area contributed by atoms with Crippen molar-refractivity contribution in [3.63, 3.8) is 0 Å². The number of aromatic nitrogens is 4. The minimum Gasteiger partial charge on any atom is -0.494 e. The van der Waals surface area contributed by atoms with Gasteiger partial charge in [0.2, 0.25) is 0 Å². The Labute approximate surface area is 174 Å². The Morgan fingerprint density at radius 2 is 2.20 bits per heavy atom. The first-order valence-electron chi connectivity index (χ1n) is 9.91. The van der Waals surface area contributed by atoms with Gasteiger partial charge in [0.15, 0.2) is 5.82 Å². The zero-order valence-corrected chi connectivity index (χ0v) is 16.8. The molecule has 0 unspecified atom stereocenters. The molecular formula is C22H23N5O3. The van der Waals surface area contributed by atoms with Crippen LogP contribution >= 0.6 is 0 Å². The van der Waals surface area contributed by atoms with E-state index in [1.807, 2.05) is 23.6 Å². The van der Waals surface area contributed by atoms with Gasteiger partial charge < -0.3 is 19.4 Å². The molecule has 0 aliphatic carbocycles. The Bertz CT molecular complexity index is 1080. The van der Waals surface area contributed by atoms with Crippen LogP contribution in [0.3, 0.4) is 0 Å². The molecule has 154 valence electrons. The molecule has 4 rings (SSSR count). The van der Waals surface area contributed by atoms with Gasteiger partial charge in [0.1, 0.15) is 29.3 Å². The number of nitrogens with zero attached hydrogens (tertiary/aromatic N) is 4. The monoisotopic (exact) mass is 405 g/mol. The molecule has 0 atom stereocenters. The maximum Gasteiger partial charge on any atom is 0.260 e. The number of hydrogen-bond donors (Lipinski definition) is 1. The minimum atomic E-state index is -0.304. The van der Waals surface area contributed by atoms with Gasteiger partial charge in [0, 0.05) is 12.1 Å². The summed E-state index contributed by atoms with van der Waals surface area (Å²) in [6.07, 6.45) is 3.37. The molecule has 0 radical (unpaired) electrons. The summed E-state index contributed by atoms with van der Waals surface area (Å²) in [5.74, 6) is 1.82. The highest BCUT2D eigenvalue weighted by atomic mass is 16.5. The average Bonchev–Trinajstić information content (AvgIpc) is 3.22. The molecule has 0 saturated heterocycles. The Morgan fingerprint density at radius 3 is 3.07 bits per heavy atom. The molecule has 8 nitrogen and oxygen atoms in total. The second-order valence-corrected chi connectivity index (χ2v) is 6.83. The summed E-state index contributed by atoms with van der Waals surface area (Å²) in [6, 6.07) is 10.7. The van der Waals surface area contributed by atoms with E-state index in [4.69, 9.17) is 9.47 Å². The zero-order chi connectivity index (χ0) is 20.9. The molecular weight excluding hydrogens is 382 g/mol. The second kappa shape index (κ2) is 8.77. The van der Waals surface area contributed by atoms with E-state index in [1.54, 1.807) is 30.6 Å². The Hall–Kier alpha value is -3.68. The fourth-order valence-corrected chi connectivity index (χ4v) is 3.26. The van der Waals surface area contributed by atoms with Gasteiger partial charge >= 0.3 is 0 Å². The number of carbonyl (C=O) groups excluding carboxylic acids is 1. The van der Waals surface area contributed by atoms with Crippen LogP contribution in [0, 0.1) is 0 Å². The summed E-state index contributed by atoms with van der Waals surface area (Å²) >= 11 is 0. The zero-order valence-electron chi connectivity index (χ0n) is 16.8. The predicted molar refractivity (Wildman–Crippen MR) is 113 cm³/mol. The fourth-order valence-electron chi connectivity index (χ4n) is 3.26. The quantitative estimate of drug-likeness (QED) is 0.667. The summed E-state index contributed by atoms with van der Waals surface area (Å²) in [4.78, 5) is 17.5. The number of nitrogens with one attached hydrogen (secondary N) is 1. The van der Waals surface area contributed by atoms with Crippen molar-refractivity contribution in [1.82, 2.24) is 19.7 Å². The van der Waals surface area contributed by atoms with Crippen molar-refractivity contribution in [2.24, 2.45) is 0 Å². The second-order valence-electron chi connectivity index (χ2n) is 6.83. The SMILES string of the molecule is C=C(OCC)c1ccc2c(c1)OCCCCn1cnnc1-c1cccc(n1)NC2=O. The molecule has 2 aromatic heterocycles. The third-order valence-electron chi connectivity index (χ3n) is 4.75. The number of aryl methyl sites for hydroxylation is 1. The predicted octanol–water partition coefficient (Wildman–Crippen LogP) is 3.77. The van der Waals surface area contributed by atoms with Crippen LogP contribution in [-0.2, 0) is 11.3 Å². The van der Waals surface area contributed by atoms with Crippen LogP contribution in [0.5, 0.6) is 5.75 Å². The lowest BCUT2D eigenvalue weighted by Gasteiger charge is -2.15. The van der Waals surface area contributed by atoms with Crippen molar-refractivity contribution in [3.05, 3.63) is 60.4 Å². The van der Waals surface area contributed by atoms with Gasteiger partial charge in [-0.25, -0.2) is 4.98 Å². The fraction of sp³-hybridized carbons (Fsp3) is 0.273. The van der Waals surface area contributed by atoms with E-state index in [0.717, 1.165) is 24.9 Å². The van der Waals surface area contributed by atoms with Crippen molar-refractivity contribution in [1.29, 1.82) is 0 Å². The molecule has 1 N–H and O–H groups in total. The molecule has 2 bridgehead atoms. The topological polar surface area (TPSA) is 91.2 Å². The standard InChI is InChI=1S/C22H23N5O3/c1-3-29-15(2)16-9-10-17-19(13-16)30-12-5-4-11-27-14-23-26-21(27)18-7-6-8-20(24-18)25-22(17)28/h6-10,13-14H,2-5,11-12H2,1H3,(H,24,25,28). The molecule has 30 heavy (non-hydrogen) atoms. The van der Waals surface area contributed by atoms with Gasteiger partial charge in [-0.1, -0.05) is 18.7 Å². The smallest absolute Gasteiger partial charge is 0.260 e. The van der Waals surface area contributed by atoms with Crippen LogP contribution in [0.2, 0.25) is 0 Å². The summed E-state index contributed by atoms with van der Waals surface area (Å²) < 4.78 is 13.4. The minimum absolute atomic E-state index is 0.304. The number of ether oxygens (including phenoxy) is 2. The van der Waals surface area contributed by atoms with E-state index in [-0.39, 0.29) is 5.91 Å². The van der Waals surface area contributed by atoms with Crippen LogP contribution in [0.1, 0.15) is 35.7 Å². The summed E-state index contributed by atoms with van der Waals surface area (Å²) in [7, 11) is 0. The maximum absolute atomic E-state index is 13.0. The Morgan fingerprint density at radius 1 is 1.30 bits per heavy atom. The van der Waals surface area contributed by atoms with Crippen molar-refractivity contribution in [3.8, 4) is 17.3 Å². The molecule has 1 aliphatic rings. The number of fused-ring (bicyclic) bond motifs is 5. The maximum atomic E-state index is 13.0. The normalized spacial score (nSPS) is 13.8. The van der Waals surface area contributed by atoms with Crippen molar-refractivity contribution in [2.75, 3.05) is 18.5 Å². The Kier molecular flexibility index (Phi) is 5.74. The van der Waals surface area contributed by atoms with Gasteiger partial charge in [-0.15, -0.1) is 10.2 Å². The molecule has 1 aromatic carbocycles. The van der Waals surface area contributed by atoms with Gasteiger partial charge in [-0.2, -0.15) is 0 Å². The van der Waals surface area contributed by atoms with Crippen LogP contribution in [-0.4, -0.2) is 38.9 Å². The number of benzene rings is 1. The molecule has 0 saturated carbocycles. The molecule has 3 heterocycles. The van der Waals surface area contributed by atoms with E-state index < -0.39 is 0 Å². The lowest BCUT2D eigenvalue weighted by atomic mass is 10.1. The van der Waals surface area contributed by atoms with Crippen molar-refractivity contribution >= 4 is 17.5 Å². The lowest BCUT2D eigenvalue weighted by Crippen LogP contribution is -2.16. The number of rotatable bonds is 3. The first-order valence-corrected chi connectivity index (χ1v) is 9.91. The van der Waals surface area contributed by atoms with E-state index in [2.05, 4.69) is 27.1 Å². The van der Waals surface area contributed by atoms with E-state index in [0.29, 0.717) is 47.6 Å². The number of pyridine rings is 1. The van der Waals surface area contributed by atoms with Crippen molar-refractivity contribution < 1.29 is 14.3 Å². The third-order valence-corrected chi connectivity index (χ3v) is 4.75. The highest BCUT2D eigenvalue weighted by molar-refractivity contribution is 6.06. The average molecular weight is 405 g/mol. The number of hydrogen-bond acceptors (Lipinski definition) is 6. The molecule has 3 aromatic rings. The van der Waals surface area contributed by atoms with Crippen molar-refractivity contribution in [2.45, 2.75) is 26.3 Å². The Balaban J connectivity index is 1.69. The first-order chi connectivity index (χ1) is 14.7. The molecule has 0 spiro atoms. The summed E-state index contributed by atoms with van der Waals surface area (Å²) in [5.41, 5.74) is 1.86. The first kappa shape index (κ1) is 19.6. The van der Waals surface area contributed by atoms with Crippen LogP contribution in [0.15, 0.2) is 49.3 Å². The molecule has 0 fully saturated rings. The third kappa shape index (κ3) is 4.17. The van der Waals surface area contributed by atoms with Gasteiger partial charge in [0.05, 0.1) is 18.8 Å². The van der Waals surface area contributed by atoms with Crippen LogP contribution < -0.4 is 10.1 Å². The highest BCUT2D eigenvalue weighted by Gasteiger charge is 2.17. The van der Waals surface area contributed by atoms with Gasteiger partial charge in [-0.3, -0.25) is 4.79 Å². The molecule has 8 heteroatoms. The summed E-state index contributed by atoms with van der Waals surface area (Å²) in [5, 5.41) is 11.0. The van der Waals surface area contributed by atoms with Crippen LogP contribution in [0.4, 0.5) is 5.82 Å². The van der Waals surface area contributed by atoms with Crippen LogP contribution in [0.25, 0.3) is 17.3 Å². The van der Waals surface area contributed by atoms with E-state index >= 15 is 0 Å². The number of carbonyl (C=O) groups is 1. The molecule has 1 aliphatic heterocycles. The lowest BCUT2D eigenvalue weighted by molar-refractivity contribution is 0.102. The summed E-state index contributed by atoms with van der Waals surface area (Å²) in [6.45, 7) is 7.58. The largest absolute Gasteiger partial charge is 0.494 e. The van der Waals surface area contributed by atoms with Gasteiger partial charge in [0.25, 0.3) is 5.91 Å². The molecule has 1 amide bonds. The number of anilines is 1. The number of amides is 1.